The number of esters is 4. The summed E-state index contributed by atoms with van der Waals surface area (Å²) < 4.78 is 28.1. The summed E-state index contributed by atoms with van der Waals surface area (Å²) in [5.74, 6) is -4.99. The van der Waals surface area contributed by atoms with Crippen LogP contribution in [-0.2, 0) is 38.1 Å². The molecule has 6 rings (SSSR count). The molecule has 1 aromatic heterocycles. The minimum absolute atomic E-state index is 0.119. The summed E-state index contributed by atoms with van der Waals surface area (Å²) in [5.41, 5.74) is -9.37. The van der Waals surface area contributed by atoms with E-state index in [1.807, 2.05) is 0 Å². The molecule has 0 radical (unpaired) electrons. The van der Waals surface area contributed by atoms with E-state index < -0.39 is 93.2 Å². The number of hydrogen-bond acceptors (Lipinski definition) is 13. The molecule has 4 N–H and O–H groups in total. The summed E-state index contributed by atoms with van der Waals surface area (Å²) in [7, 11) is 1.24. The van der Waals surface area contributed by atoms with E-state index in [0.29, 0.717) is 18.4 Å². The first kappa shape index (κ1) is 35.3. The standard InChI is InChI=1S/C36H46O13/c1-9-17(2)27(39)49-29-33(6)16-35(43)34(7,20(33)14-21(37)45-8)19-10-12-32(5)23(22(19)25(38)36(29,35)44)24(47-30(41)31(3,4)42)28(40)48-26(32)18-11-13-46-15-18/h9,11,13,15,19-20,24-26,29,38,42-44H,10,12,14,16H2,1-8H3/t19-,20-,24+,25-,26-,29-,32+,33+,34+,35+,36+/m0/s1. The fourth-order valence-electron chi connectivity index (χ4n) is 10.4. The van der Waals surface area contributed by atoms with Crippen LogP contribution in [0.2, 0.25) is 0 Å². The summed E-state index contributed by atoms with van der Waals surface area (Å²) in [4.78, 5) is 53.5. The minimum atomic E-state index is -2.54. The van der Waals surface area contributed by atoms with Gasteiger partial charge in [-0.1, -0.05) is 26.8 Å². The Morgan fingerprint density at radius 1 is 1.14 bits per heavy atom. The van der Waals surface area contributed by atoms with Gasteiger partial charge in [-0.05, 0) is 76.0 Å². The van der Waals surface area contributed by atoms with Crippen LogP contribution >= 0.6 is 0 Å². The first-order valence-corrected chi connectivity index (χ1v) is 16.6. The molecule has 0 amide bonds. The van der Waals surface area contributed by atoms with Crippen molar-refractivity contribution in [3.05, 3.63) is 47.0 Å². The Morgan fingerprint density at radius 2 is 1.82 bits per heavy atom. The lowest BCUT2D eigenvalue weighted by atomic mass is 9.40. The molecule has 3 saturated carbocycles. The number of ether oxygens (including phenoxy) is 4. The van der Waals surface area contributed by atoms with Crippen molar-refractivity contribution in [3.63, 3.8) is 0 Å². The number of allylic oxidation sites excluding steroid dienone is 1. The molecule has 13 heteroatoms. The molecular formula is C36H46O13. The average molecular weight is 687 g/mol. The summed E-state index contributed by atoms with van der Waals surface area (Å²) in [6, 6.07) is 1.63. The van der Waals surface area contributed by atoms with Gasteiger partial charge in [0, 0.05) is 33.8 Å². The second kappa shape index (κ2) is 11.0. The van der Waals surface area contributed by atoms with Gasteiger partial charge in [0.05, 0.1) is 19.6 Å². The molecule has 0 unspecified atom stereocenters. The average Bonchev–Trinajstić information content (AvgIpc) is 3.68. The molecule has 49 heavy (non-hydrogen) atoms. The zero-order valence-electron chi connectivity index (χ0n) is 29.1. The van der Waals surface area contributed by atoms with E-state index in [1.54, 1.807) is 33.8 Å². The third-order valence-electron chi connectivity index (χ3n) is 12.8. The number of rotatable bonds is 7. The number of cyclic esters (lactones) is 1. The van der Waals surface area contributed by atoms with Gasteiger partial charge in [0.25, 0.3) is 0 Å². The van der Waals surface area contributed by atoms with Crippen molar-refractivity contribution >= 4 is 23.9 Å². The van der Waals surface area contributed by atoms with Gasteiger partial charge in [-0.15, -0.1) is 0 Å². The monoisotopic (exact) mass is 686 g/mol. The zero-order valence-corrected chi connectivity index (χ0v) is 29.1. The molecule has 5 aliphatic rings. The van der Waals surface area contributed by atoms with Crippen LogP contribution in [-0.4, -0.2) is 86.5 Å². The Bertz CT molecular complexity index is 1650. The molecular weight excluding hydrogens is 640 g/mol. The lowest BCUT2D eigenvalue weighted by molar-refractivity contribution is -0.314. The van der Waals surface area contributed by atoms with Crippen molar-refractivity contribution in [1.29, 1.82) is 0 Å². The largest absolute Gasteiger partial charge is 0.472 e. The SMILES string of the molecule is CC=C(C)C(=O)O[C@H]1[C@]2(C)C[C@@]3(O)[C@](C)([C@H]4CC[C@]5(C)C(=C4[C@H](O)[C@@]13O)[C@@H](OC(=O)C(C)(C)O)C(=O)O[C@H]5c1ccoc1)[C@H]2CC(=O)OC. The number of carbonyl (C=O) groups is 4. The van der Waals surface area contributed by atoms with Gasteiger partial charge in [-0.3, -0.25) is 4.79 Å². The minimum Gasteiger partial charge on any atom is -0.472 e. The highest BCUT2D eigenvalue weighted by Gasteiger charge is 2.89. The van der Waals surface area contributed by atoms with Gasteiger partial charge in [0.15, 0.2) is 11.2 Å². The molecule has 1 aliphatic heterocycles. The molecule has 1 aromatic rings. The summed E-state index contributed by atoms with van der Waals surface area (Å²) in [6.07, 6.45) is -1.54. The van der Waals surface area contributed by atoms with Gasteiger partial charge in [0.1, 0.15) is 23.9 Å². The Labute approximate surface area is 284 Å². The Kier molecular flexibility index (Phi) is 7.92. The maximum atomic E-state index is 13.9. The normalized spacial score (nSPS) is 42.6. The van der Waals surface area contributed by atoms with E-state index in [4.69, 9.17) is 23.4 Å². The van der Waals surface area contributed by atoms with Crippen LogP contribution in [0.3, 0.4) is 0 Å². The first-order chi connectivity index (χ1) is 22.7. The quantitative estimate of drug-likeness (QED) is 0.141. The lowest BCUT2D eigenvalue weighted by Crippen LogP contribution is -2.80. The fraction of sp³-hybridized carbons (Fsp3) is 0.667. The van der Waals surface area contributed by atoms with Gasteiger partial charge in [-0.2, -0.15) is 0 Å². The molecule has 2 bridgehead atoms. The number of aliphatic hydroxyl groups excluding tert-OH is 1. The third-order valence-corrected chi connectivity index (χ3v) is 12.8. The van der Waals surface area contributed by atoms with Crippen LogP contribution in [0.1, 0.15) is 85.8 Å². The van der Waals surface area contributed by atoms with Crippen molar-refractivity contribution in [2.24, 2.45) is 28.1 Å². The number of furan rings is 1. The molecule has 4 aliphatic carbocycles. The highest BCUT2D eigenvalue weighted by molar-refractivity contribution is 5.88. The molecule has 11 atom stereocenters. The highest BCUT2D eigenvalue weighted by atomic mass is 16.6. The van der Waals surface area contributed by atoms with Crippen LogP contribution < -0.4 is 0 Å². The third kappa shape index (κ3) is 4.37. The number of hydrogen-bond donors (Lipinski definition) is 4. The van der Waals surface area contributed by atoms with Crippen LogP contribution in [0.5, 0.6) is 0 Å². The highest BCUT2D eigenvalue weighted by Crippen LogP contribution is 2.80. The van der Waals surface area contributed by atoms with E-state index >= 15 is 0 Å². The second-order valence-corrected chi connectivity index (χ2v) is 15.7. The van der Waals surface area contributed by atoms with E-state index in [1.165, 1.54) is 46.5 Å². The zero-order chi connectivity index (χ0) is 36.3. The van der Waals surface area contributed by atoms with Gasteiger partial charge in [0.2, 0.25) is 6.10 Å². The van der Waals surface area contributed by atoms with Crippen LogP contribution in [0.4, 0.5) is 0 Å². The number of aliphatic hydroxyl groups is 4. The van der Waals surface area contributed by atoms with Gasteiger partial charge < -0.3 is 43.8 Å². The topological polar surface area (TPSA) is 199 Å². The van der Waals surface area contributed by atoms with Crippen LogP contribution in [0, 0.1) is 28.1 Å². The van der Waals surface area contributed by atoms with Crippen molar-refractivity contribution in [2.45, 2.75) is 115 Å². The maximum Gasteiger partial charge on any atom is 0.352 e. The molecule has 0 aromatic carbocycles. The number of methoxy groups -OCH3 is 1. The Balaban J connectivity index is 1.65. The van der Waals surface area contributed by atoms with E-state index in [-0.39, 0.29) is 29.6 Å². The molecule has 4 fully saturated rings. The summed E-state index contributed by atoms with van der Waals surface area (Å²) in [5, 5.41) is 48.9. The maximum absolute atomic E-state index is 13.9. The predicted octanol–water partition coefficient (Wildman–Crippen LogP) is 2.60. The molecule has 0 spiro atoms. The van der Waals surface area contributed by atoms with Crippen molar-refractivity contribution < 1.29 is 63.0 Å². The van der Waals surface area contributed by atoms with E-state index in [0.717, 1.165) is 0 Å². The smallest absolute Gasteiger partial charge is 0.352 e. The first-order valence-electron chi connectivity index (χ1n) is 16.6. The molecule has 1 saturated heterocycles. The lowest BCUT2D eigenvalue weighted by Gasteiger charge is -2.68. The van der Waals surface area contributed by atoms with Gasteiger partial charge in [-0.25, -0.2) is 14.4 Å². The Hall–Kier alpha value is -3.52. The van der Waals surface area contributed by atoms with E-state index in [2.05, 4.69) is 0 Å². The van der Waals surface area contributed by atoms with Crippen molar-refractivity contribution in [1.82, 2.24) is 0 Å². The number of fused-ring (bicyclic) bond motifs is 4. The van der Waals surface area contributed by atoms with Crippen LogP contribution in [0.15, 0.2) is 45.8 Å². The van der Waals surface area contributed by atoms with Gasteiger partial charge >= 0.3 is 23.9 Å². The molecule has 2 heterocycles. The molecule has 268 valence electrons. The Morgan fingerprint density at radius 3 is 2.39 bits per heavy atom. The second-order valence-electron chi connectivity index (χ2n) is 15.7. The van der Waals surface area contributed by atoms with Crippen molar-refractivity contribution in [3.8, 4) is 0 Å². The molecule has 13 nitrogen and oxygen atoms in total. The summed E-state index contributed by atoms with van der Waals surface area (Å²) >= 11 is 0. The van der Waals surface area contributed by atoms with E-state index in [9.17, 15) is 39.6 Å². The summed E-state index contributed by atoms with van der Waals surface area (Å²) in [6.45, 7) is 10.8. The number of carbonyl (C=O) groups excluding carboxylic acids is 4. The van der Waals surface area contributed by atoms with Crippen molar-refractivity contribution in [2.75, 3.05) is 7.11 Å². The van der Waals surface area contributed by atoms with Crippen LogP contribution in [0.25, 0.3) is 0 Å². The fourth-order valence-corrected chi connectivity index (χ4v) is 10.4. The predicted molar refractivity (Wildman–Crippen MR) is 168 cm³/mol.